The number of rotatable bonds is 4. The van der Waals surface area contributed by atoms with Crippen molar-refractivity contribution in [2.24, 2.45) is 11.8 Å². The van der Waals surface area contributed by atoms with Gasteiger partial charge in [-0.2, -0.15) is 0 Å². The van der Waals surface area contributed by atoms with E-state index in [2.05, 4.69) is 34.4 Å². The van der Waals surface area contributed by atoms with Crippen molar-refractivity contribution in [1.29, 1.82) is 0 Å². The van der Waals surface area contributed by atoms with Crippen molar-refractivity contribution in [1.82, 2.24) is 5.16 Å². The summed E-state index contributed by atoms with van der Waals surface area (Å²) in [5, 5.41) is 6.82. The summed E-state index contributed by atoms with van der Waals surface area (Å²) >= 11 is 0. The lowest BCUT2D eigenvalue weighted by atomic mass is 9.99. The Bertz CT molecular complexity index is 853. The molecule has 0 bridgehead atoms. The zero-order chi connectivity index (χ0) is 19.7. The number of benzene rings is 1. The molecule has 7 heteroatoms. The average Bonchev–Trinajstić information content (AvgIpc) is 3.28. The monoisotopic (exact) mass is 382 g/mol. The number of amides is 2. The van der Waals surface area contributed by atoms with E-state index in [1.165, 1.54) is 23.4 Å². The molecule has 1 atom stereocenters. The minimum Gasteiger partial charge on any atom is -0.372 e. The molecular weight excluding hydrogens is 356 g/mol. The van der Waals surface area contributed by atoms with E-state index in [0.717, 1.165) is 24.7 Å². The number of hydrogen-bond acceptors (Lipinski definition) is 5. The van der Waals surface area contributed by atoms with E-state index in [1.807, 2.05) is 12.1 Å². The van der Waals surface area contributed by atoms with Gasteiger partial charge in [-0.3, -0.25) is 14.5 Å². The average molecular weight is 382 g/mol. The van der Waals surface area contributed by atoms with E-state index in [-0.39, 0.29) is 18.2 Å². The van der Waals surface area contributed by atoms with Gasteiger partial charge in [-0.15, -0.1) is 0 Å². The summed E-state index contributed by atoms with van der Waals surface area (Å²) in [6.45, 7) is 6.55. The van der Waals surface area contributed by atoms with Crippen LogP contribution in [0.15, 0.2) is 34.9 Å². The molecule has 148 valence electrons. The second-order valence-corrected chi connectivity index (χ2v) is 7.91. The first-order valence-electron chi connectivity index (χ1n) is 9.89. The van der Waals surface area contributed by atoms with Gasteiger partial charge >= 0.3 is 0 Å². The number of anilines is 3. The van der Waals surface area contributed by atoms with Crippen LogP contribution in [-0.4, -0.2) is 36.6 Å². The van der Waals surface area contributed by atoms with Crippen LogP contribution in [-0.2, 0) is 9.59 Å². The van der Waals surface area contributed by atoms with Gasteiger partial charge in [-0.25, -0.2) is 0 Å². The van der Waals surface area contributed by atoms with Crippen molar-refractivity contribution >= 4 is 29.0 Å². The first-order valence-corrected chi connectivity index (χ1v) is 9.89. The lowest BCUT2D eigenvalue weighted by molar-refractivity contribution is -0.122. The van der Waals surface area contributed by atoms with Crippen LogP contribution in [0.5, 0.6) is 0 Å². The third kappa shape index (κ3) is 3.88. The van der Waals surface area contributed by atoms with Gasteiger partial charge in [0.2, 0.25) is 11.8 Å². The number of nitrogens with one attached hydrogen (secondary N) is 1. The molecule has 28 heavy (non-hydrogen) atoms. The van der Waals surface area contributed by atoms with E-state index >= 15 is 0 Å². The fourth-order valence-electron chi connectivity index (χ4n) is 3.85. The Morgan fingerprint density at radius 1 is 1.21 bits per heavy atom. The second kappa shape index (κ2) is 7.66. The molecular formula is C21H26N4O3. The number of carbonyl (C=O) groups excluding carboxylic acids is 2. The summed E-state index contributed by atoms with van der Waals surface area (Å²) in [4.78, 5) is 28.8. The van der Waals surface area contributed by atoms with E-state index in [1.54, 1.807) is 13.0 Å². The van der Waals surface area contributed by atoms with E-state index < -0.39 is 5.92 Å². The smallest absolute Gasteiger partial charge is 0.229 e. The normalized spacial score (nSPS) is 20.6. The van der Waals surface area contributed by atoms with Crippen molar-refractivity contribution in [2.75, 3.05) is 34.8 Å². The first kappa shape index (κ1) is 18.5. The topological polar surface area (TPSA) is 78.7 Å². The molecule has 0 saturated carbocycles. The van der Waals surface area contributed by atoms with Crippen LogP contribution in [0.2, 0.25) is 0 Å². The van der Waals surface area contributed by atoms with Gasteiger partial charge in [0.1, 0.15) is 5.76 Å². The summed E-state index contributed by atoms with van der Waals surface area (Å²) < 4.78 is 5.04. The number of aryl methyl sites for hydroxylation is 1. The largest absolute Gasteiger partial charge is 0.372 e. The Kier molecular flexibility index (Phi) is 5.07. The molecule has 0 spiro atoms. The van der Waals surface area contributed by atoms with Gasteiger partial charge in [0.15, 0.2) is 5.82 Å². The second-order valence-electron chi connectivity index (χ2n) is 7.91. The van der Waals surface area contributed by atoms with Crippen molar-refractivity contribution in [3.63, 3.8) is 0 Å². The van der Waals surface area contributed by atoms with Crippen LogP contribution in [0.3, 0.4) is 0 Å². The predicted molar refractivity (Wildman–Crippen MR) is 107 cm³/mol. The molecule has 1 unspecified atom stereocenters. The van der Waals surface area contributed by atoms with E-state index in [9.17, 15) is 9.59 Å². The molecule has 2 fully saturated rings. The molecule has 1 aromatic carbocycles. The van der Waals surface area contributed by atoms with Crippen LogP contribution in [0.1, 0.15) is 31.9 Å². The van der Waals surface area contributed by atoms with E-state index in [0.29, 0.717) is 18.1 Å². The summed E-state index contributed by atoms with van der Waals surface area (Å²) in [7, 11) is 0. The fourth-order valence-corrected chi connectivity index (χ4v) is 3.85. The van der Waals surface area contributed by atoms with Crippen LogP contribution in [0, 0.1) is 18.8 Å². The van der Waals surface area contributed by atoms with Gasteiger partial charge in [-0.05, 0) is 49.9 Å². The lowest BCUT2D eigenvalue weighted by Gasteiger charge is -2.32. The molecule has 2 aliphatic heterocycles. The van der Waals surface area contributed by atoms with Crippen molar-refractivity contribution in [2.45, 2.75) is 33.1 Å². The SMILES string of the molecule is Cc1cc(N2CC(C(=O)Nc3ccc(N4CCC(C)CC4)cc3)CC2=O)no1. The van der Waals surface area contributed by atoms with Crippen LogP contribution in [0.25, 0.3) is 0 Å². The van der Waals surface area contributed by atoms with E-state index in [4.69, 9.17) is 4.52 Å². The fraction of sp³-hybridized carbons (Fsp3) is 0.476. The third-order valence-corrected chi connectivity index (χ3v) is 5.67. The summed E-state index contributed by atoms with van der Waals surface area (Å²) in [5.74, 6) is 1.26. The highest BCUT2D eigenvalue weighted by atomic mass is 16.5. The van der Waals surface area contributed by atoms with Gasteiger partial charge in [0.05, 0.1) is 5.92 Å². The Morgan fingerprint density at radius 2 is 1.93 bits per heavy atom. The zero-order valence-corrected chi connectivity index (χ0v) is 16.4. The van der Waals surface area contributed by atoms with Crippen molar-refractivity contribution in [3.8, 4) is 0 Å². The Hall–Kier alpha value is -2.83. The number of carbonyl (C=O) groups is 2. The summed E-state index contributed by atoms with van der Waals surface area (Å²) in [6, 6.07) is 9.67. The molecule has 2 amide bonds. The molecule has 4 rings (SSSR count). The lowest BCUT2D eigenvalue weighted by Crippen LogP contribution is -2.32. The molecule has 0 radical (unpaired) electrons. The summed E-state index contributed by atoms with van der Waals surface area (Å²) in [6.07, 6.45) is 2.62. The Labute approximate surface area is 164 Å². The van der Waals surface area contributed by atoms with Gasteiger partial charge < -0.3 is 14.7 Å². The standard InChI is InChI=1S/C21H26N4O3/c1-14-7-9-24(10-8-14)18-5-3-17(4-6-18)22-21(27)16-12-20(26)25(13-16)19-11-15(2)28-23-19/h3-6,11,14,16H,7-10,12-13H2,1-2H3,(H,22,27). The molecule has 2 aliphatic rings. The maximum atomic E-state index is 12.6. The highest BCUT2D eigenvalue weighted by Gasteiger charge is 2.36. The number of hydrogen-bond donors (Lipinski definition) is 1. The molecule has 3 heterocycles. The maximum absolute atomic E-state index is 12.6. The molecule has 1 N–H and O–H groups in total. The number of aromatic nitrogens is 1. The minimum absolute atomic E-state index is 0.108. The zero-order valence-electron chi connectivity index (χ0n) is 16.4. The quantitative estimate of drug-likeness (QED) is 0.878. The van der Waals surface area contributed by atoms with Crippen LogP contribution in [0.4, 0.5) is 17.2 Å². The highest BCUT2D eigenvalue weighted by Crippen LogP contribution is 2.27. The van der Waals surface area contributed by atoms with Crippen LogP contribution < -0.4 is 15.1 Å². The number of piperidine rings is 1. The van der Waals surface area contributed by atoms with Crippen LogP contribution >= 0.6 is 0 Å². The van der Waals surface area contributed by atoms with Gasteiger partial charge in [0, 0.05) is 43.5 Å². The predicted octanol–water partition coefficient (Wildman–Crippen LogP) is 3.21. The maximum Gasteiger partial charge on any atom is 0.229 e. The van der Waals surface area contributed by atoms with Gasteiger partial charge in [0.25, 0.3) is 0 Å². The molecule has 7 nitrogen and oxygen atoms in total. The Morgan fingerprint density at radius 3 is 2.57 bits per heavy atom. The van der Waals surface area contributed by atoms with Crippen molar-refractivity contribution in [3.05, 3.63) is 36.1 Å². The Balaban J connectivity index is 1.35. The van der Waals surface area contributed by atoms with Crippen molar-refractivity contribution < 1.29 is 14.1 Å². The third-order valence-electron chi connectivity index (χ3n) is 5.67. The number of nitrogens with zero attached hydrogens (tertiary/aromatic N) is 3. The molecule has 0 aliphatic carbocycles. The highest BCUT2D eigenvalue weighted by molar-refractivity contribution is 6.03. The molecule has 2 aromatic rings. The molecule has 1 aromatic heterocycles. The first-order chi connectivity index (χ1) is 13.5. The minimum atomic E-state index is -0.396. The summed E-state index contributed by atoms with van der Waals surface area (Å²) in [5.41, 5.74) is 1.94. The molecule has 2 saturated heterocycles. The van der Waals surface area contributed by atoms with Gasteiger partial charge in [-0.1, -0.05) is 12.1 Å².